The summed E-state index contributed by atoms with van der Waals surface area (Å²) in [5, 5.41) is 3.99. The zero-order valence-electron chi connectivity index (χ0n) is 7.62. The van der Waals surface area contributed by atoms with Gasteiger partial charge in [0, 0.05) is 5.92 Å². The predicted octanol–water partition coefficient (Wildman–Crippen LogP) is 1.43. The van der Waals surface area contributed by atoms with Crippen molar-refractivity contribution in [3.05, 3.63) is 0 Å². The number of fused-ring (bicyclic) bond motifs is 1. The molecule has 12 heavy (non-hydrogen) atoms. The lowest BCUT2D eigenvalue weighted by Crippen LogP contribution is -2.13. The van der Waals surface area contributed by atoms with Crippen molar-refractivity contribution in [3.63, 3.8) is 0 Å². The second-order valence-electron chi connectivity index (χ2n) is 3.80. The van der Waals surface area contributed by atoms with Crippen LogP contribution in [0.4, 0.5) is 0 Å². The Morgan fingerprint density at radius 3 is 3.08 bits per heavy atom. The number of hydrogen-bond donors (Lipinski definition) is 0. The molecule has 3 nitrogen and oxygen atoms in total. The Bertz CT molecular complexity index is 203. The van der Waals surface area contributed by atoms with Crippen LogP contribution < -0.4 is 0 Å². The van der Waals surface area contributed by atoms with Gasteiger partial charge in [-0.3, -0.25) is 0 Å². The van der Waals surface area contributed by atoms with E-state index in [-0.39, 0.29) is 0 Å². The fourth-order valence-corrected chi connectivity index (χ4v) is 2.29. The maximum Gasteiger partial charge on any atom is 0.106 e. The molecule has 3 heteroatoms. The molecule has 1 saturated heterocycles. The van der Waals surface area contributed by atoms with Crippen LogP contribution in [0, 0.1) is 11.8 Å². The van der Waals surface area contributed by atoms with E-state index in [1.165, 1.54) is 12.8 Å². The molecule has 0 N–H and O–H groups in total. The first-order valence-electron chi connectivity index (χ1n) is 4.52. The van der Waals surface area contributed by atoms with Crippen molar-refractivity contribution >= 4 is 5.71 Å². The van der Waals surface area contributed by atoms with E-state index in [4.69, 9.17) is 9.57 Å². The van der Waals surface area contributed by atoms with Crippen LogP contribution in [0.25, 0.3) is 0 Å². The second-order valence-corrected chi connectivity index (χ2v) is 3.80. The van der Waals surface area contributed by atoms with Gasteiger partial charge in [0.25, 0.3) is 0 Å². The Morgan fingerprint density at radius 1 is 1.50 bits per heavy atom. The Labute approximate surface area is 72.7 Å². The van der Waals surface area contributed by atoms with E-state index in [1.54, 1.807) is 7.11 Å². The van der Waals surface area contributed by atoms with E-state index in [0.717, 1.165) is 11.6 Å². The topological polar surface area (TPSA) is 30.8 Å². The van der Waals surface area contributed by atoms with Crippen molar-refractivity contribution in [1.29, 1.82) is 0 Å². The van der Waals surface area contributed by atoms with Crippen molar-refractivity contribution in [2.45, 2.75) is 25.9 Å². The van der Waals surface area contributed by atoms with Gasteiger partial charge in [0.2, 0.25) is 0 Å². The largest absolute Gasteiger partial charge is 0.399 e. The zero-order chi connectivity index (χ0) is 8.55. The first kappa shape index (κ1) is 8.05. The molecule has 0 amide bonds. The van der Waals surface area contributed by atoms with Crippen LogP contribution >= 0.6 is 0 Å². The molecule has 1 aliphatic carbocycles. The molecule has 0 spiro atoms. The molecule has 68 valence electrons. The van der Waals surface area contributed by atoms with Crippen molar-refractivity contribution in [2.24, 2.45) is 17.0 Å². The van der Waals surface area contributed by atoms with E-state index < -0.39 is 0 Å². The minimum Gasteiger partial charge on any atom is -0.399 e. The summed E-state index contributed by atoms with van der Waals surface area (Å²) in [4.78, 5) is 4.78. The van der Waals surface area contributed by atoms with E-state index in [2.05, 4.69) is 12.1 Å². The highest BCUT2D eigenvalue weighted by molar-refractivity contribution is 5.89. The number of oxime groups is 1. The van der Waals surface area contributed by atoms with Crippen molar-refractivity contribution in [3.8, 4) is 0 Å². The molecule has 0 unspecified atom stereocenters. The molecule has 1 saturated carbocycles. The summed E-state index contributed by atoms with van der Waals surface area (Å²) < 4.78 is 5.60. The molecule has 0 aromatic carbocycles. The Hall–Kier alpha value is -0.570. The van der Waals surface area contributed by atoms with Crippen molar-refractivity contribution < 1.29 is 9.57 Å². The molecule has 3 atom stereocenters. The second kappa shape index (κ2) is 3.05. The van der Waals surface area contributed by atoms with E-state index >= 15 is 0 Å². The maximum absolute atomic E-state index is 5.60. The number of rotatable bonds is 1. The van der Waals surface area contributed by atoms with Gasteiger partial charge >= 0.3 is 0 Å². The molecular formula is C9H15NO2. The molecular weight excluding hydrogens is 154 g/mol. The van der Waals surface area contributed by atoms with Crippen LogP contribution in [0.2, 0.25) is 0 Å². The minimum atomic E-state index is 0.425. The number of nitrogens with zero attached hydrogens (tertiary/aromatic N) is 1. The molecule has 1 aliphatic heterocycles. The molecule has 2 fully saturated rings. The predicted molar refractivity (Wildman–Crippen MR) is 46.1 cm³/mol. The third kappa shape index (κ3) is 1.22. The van der Waals surface area contributed by atoms with Gasteiger partial charge in [-0.15, -0.1) is 0 Å². The highest BCUT2D eigenvalue weighted by Crippen LogP contribution is 2.37. The van der Waals surface area contributed by atoms with E-state index in [0.29, 0.717) is 18.6 Å². The van der Waals surface area contributed by atoms with E-state index in [1.807, 2.05) is 0 Å². The van der Waals surface area contributed by atoms with Gasteiger partial charge in [0.05, 0.1) is 18.4 Å². The van der Waals surface area contributed by atoms with Gasteiger partial charge in [-0.1, -0.05) is 12.1 Å². The average molecular weight is 169 g/mol. The fourth-order valence-electron chi connectivity index (χ4n) is 2.29. The SMILES string of the molecule is CON=C1CO[C@@H]2C[C@H](C)C[C@H]12. The minimum absolute atomic E-state index is 0.425. The Kier molecular flexibility index (Phi) is 2.05. The van der Waals surface area contributed by atoms with Gasteiger partial charge in [-0.05, 0) is 18.8 Å². The van der Waals surface area contributed by atoms with Crippen LogP contribution in [-0.4, -0.2) is 25.5 Å². The lowest BCUT2D eigenvalue weighted by atomic mass is 10.0. The molecule has 2 rings (SSSR count). The summed E-state index contributed by atoms with van der Waals surface area (Å²) in [6.45, 7) is 2.95. The normalized spacial score (nSPS) is 43.5. The van der Waals surface area contributed by atoms with Gasteiger partial charge in [-0.25, -0.2) is 0 Å². The Balaban J connectivity index is 2.08. The molecule has 0 aromatic rings. The van der Waals surface area contributed by atoms with Gasteiger partial charge < -0.3 is 9.57 Å². The van der Waals surface area contributed by atoms with Gasteiger partial charge in [0.1, 0.15) is 7.11 Å². The van der Waals surface area contributed by atoms with Crippen LogP contribution in [0.3, 0.4) is 0 Å². The summed E-state index contributed by atoms with van der Waals surface area (Å²) in [6.07, 6.45) is 2.83. The summed E-state index contributed by atoms with van der Waals surface area (Å²) >= 11 is 0. The fraction of sp³-hybridized carbons (Fsp3) is 0.889. The highest BCUT2D eigenvalue weighted by Gasteiger charge is 2.41. The molecule has 0 bridgehead atoms. The van der Waals surface area contributed by atoms with Crippen LogP contribution in [0.1, 0.15) is 19.8 Å². The lowest BCUT2D eigenvalue weighted by molar-refractivity contribution is 0.101. The summed E-state index contributed by atoms with van der Waals surface area (Å²) in [5.74, 6) is 1.32. The average Bonchev–Trinajstić information content (AvgIpc) is 2.52. The summed E-state index contributed by atoms with van der Waals surface area (Å²) in [6, 6.07) is 0. The number of hydrogen-bond acceptors (Lipinski definition) is 3. The van der Waals surface area contributed by atoms with Crippen molar-refractivity contribution in [2.75, 3.05) is 13.7 Å². The van der Waals surface area contributed by atoms with Crippen LogP contribution in [0.15, 0.2) is 5.16 Å². The van der Waals surface area contributed by atoms with Gasteiger partial charge in [0.15, 0.2) is 0 Å². The van der Waals surface area contributed by atoms with Gasteiger partial charge in [-0.2, -0.15) is 0 Å². The zero-order valence-corrected chi connectivity index (χ0v) is 7.62. The quantitative estimate of drug-likeness (QED) is 0.556. The third-order valence-electron chi connectivity index (χ3n) is 2.82. The first-order chi connectivity index (χ1) is 5.81. The maximum atomic E-state index is 5.60. The molecule has 1 heterocycles. The molecule has 0 aromatic heterocycles. The first-order valence-corrected chi connectivity index (χ1v) is 4.52. The monoisotopic (exact) mass is 169 g/mol. The summed E-state index contributed by atoms with van der Waals surface area (Å²) in [7, 11) is 1.60. The molecule has 2 aliphatic rings. The Morgan fingerprint density at radius 2 is 2.33 bits per heavy atom. The standard InChI is InChI=1S/C9H15NO2/c1-6-3-7-8(10-11-2)5-12-9(7)4-6/h6-7,9H,3-5H2,1-2H3/t6-,7-,9-/m1/s1. The smallest absolute Gasteiger partial charge is 0.106 e. The number of ether oxygens (including phenoxy) is 1. The third-order valence-corrected chi connectivity index (χ3v) is 2.82. The molecule has 0 radical (unpaired) electrons. The van der Waals surface area contributed by atoms with E-state index in [9.17, 15) is 0 Å². The highest BCUT2D eigenvalue weighted by atomic mass is 16.6. The van der Waals surface area contributed by atoms with Crippen LogP contribution in [0.5, 0.6) is 0 Å². The summed E-state index contributed by atoms with van der Waals surface area (Å²) in [5.41, 5.74) is 1.10. The van der Waals surface area contributed by atoms with Crippen molar-refractivity contribution in [1.82, 2.24) is 0 Å². The van der Waals surface area contributed by atoms with Crippen LogP contribution in [-0.2, 0) is 9.57 Å². The lowest BCUT2D eigenvalue weighted by Gasteiger charge is -2.04.